The first-order valence-corrected chi connectivity index (χ1v) is 7.55. The summed E-state index contributed by atoms with van der Waals surface area (Å²) in [6.45, 7) is 5.36. The average molecular weight is 316 g/mol. The second-order valence-corrected chi connectivity index (χ2v) is 6.09. The Kier molecular flexibility index (Phi) is 4.14. The van der Waals surface area contributed by atoms with E-state index in [4.69, 9.17) is 16.1 Å². The van der Waals surface area contributed by atoms with Crippen molar-refractivity contribution in [3.63, 3.8) is 0 Å². The van der Waals surface area contributed by atoms with Gasteiger partial charge in [-0.1, -0.05) is 28.9 Å². The number of pyridine rings is 1. The van der Waals surface area contributed by atoms with Crippen LogP contribution in [0.15, 0.2) is 34.9 Å². The Labute approximate surface area is 134 Å². The molecule has 0 unspecified atom stereocenters. The van der Waals surface area contributed by atoms with Crippen molar-refractivity contribution in [3.8, 4) is 0 Å². The van der Waals surface area contributed by atoms with Crippen molar-refractivity contribution in [1.82, 2.24) is 15.0 Å². The number of hydrogen-bond donors (Lipinski definition) is 0. The van der Waals surface area contributed by atoms with Gasteiger partial charge < -0.3 is 4.52 Å². The Hall–Kier alpha value is -1.91. The molecule has 0 spiro atoms. The van der Waals surface area contributed by atoms with Crippen LogP contribution in [-0.4, -0.2) is 22.1 Å². The second-order valence-electron chi connectivity index (χ2n) is 5.74. The standard InChI is InChI=1S/C17H18ClN3O/c1-11-4-5-13-8-14(17(18)19-16(13)6-11)9-21(3)10-15-7-12(2)22-20-15/h4-8H,9-10H2,1-3H3. The monoisotopic (exact) mass is 315 g/mol. The van der Waals surface area contributed by atoms with Crippen molar-refractivity contribution in [1.29, 1.82) is 0 Å². The Bertz CT molecular complexity index is 813. The fourth-order valence-corrected chi connectivity index (χ4v) is 2.73. The molecule has 0 saturated carbocycles. The molecule has 0 bridgehead atoms. The summed E-state index contributed by atoms with van der Waals surface area (Å²) in [6.07, 6.45) is 0. The minimum atomic E-state index is 0.557. The first-order valence-electron chi connectivity index (χ1n) is 7.18. The Balaban J connectivity index is 1.80. The number of fused-ring (bicyclic) bond motifs is 1. The maximum absolute atomic E-state index is 6.33. The molecule has 1 aromatic carbocycles. The zero-order chi connectivity index (χ0) is 15.7. The number of nitrogens with zero attached hydrogens (tertiary/aromatic N) is 3. The molecule has 0 N–H and O–H groups in total. The van der Waals surface area contributed by atoms with Gasteiger partial charge in [0.1, 0.15) is 10.9 Å². The summed E-state index contributed by atoms with van der Waals surface area (Å²) >= 11 is 6.33. The van der Waals surface area contributed by atoms with Gasteiger partial charge in [0.25, 0.3) is 0 Å². The minimum Gasteiger partial charge on any atom is -0.361 e. The molecule has 0 aliphatic heterocycles. The van der Waals surface area contributed by atoms with Crippen LogP contribution < -0.4 is 0 Å². The molecular formula is C17H18ClN3O. The number of benzene rings is 1. The molecule has 22 heavy (non-hydrogen) atoms. The quantitative estimate of drug-likeness (QED) is 0.679. The number of aromatic nitrogens is 2. The van der Waals surface area contributed by atoms with Crippen LogP contribution in [-0.2, 0) is 13.1 Å². The molecule has 2 aromatic heterocycles. The van der Waals surface area contributed by atoms with Gasteiger partial charge in [0.2, 0.25) is 0 Å². The van der Waals surface area contributed by atoms with Crippen LogP contribution in [0.3, 0.4) is 0 Å². The van der Waals surface area contributed by atoms with Crippen LogP contribution >= 0.6 is 11.6 Å². The summed E-state index contributed by atoms with van der Waals surface area (Å²) in [5.41, 5.74) is 4.05. The lowest BCUT2D eigenvalue weighted by Crippen LogP contribution is -2.17. The molecule has 0 fully saturated rings. The second kappa shape index (κ2) is 6.07. The van der Waals surface area contributed by atoms with Crippen LogP contribution in [0.1, 0.15) is 22.6 Å². The van der Waals surface area contributed by atoms with Gasteiger partial charge in [-0.25, -0.2) is 4.98 Å². The molecule has 0 amide bonds. The SMILES string of the molecule is Cc1ccc2cc(CN(C)Cc3cc(C)on3)c(Cl)nc2c1. The summed E-state index contributed by atoms with van der Waals surface area (Å²) in [4.78, 5) is 6.64. The van der Waals surface area contributed by atoms with Gasteiger partial charge in [-0.05, 0) is 38.6 Å². The van der Waals surface area contributed by atoms with Crippen LogP contribution in [0.25, 0.3) is 10.9 Å². The fraction of sp³-hybridized carbons (Fsp3) is 0.294. The Morgan fingerprint density at radius 2 is 1.95 bits per heavy atom. The molecule has 0 saturated heterocycles. The van der Waals surface area contributed by atoms with Crippen LogP contribution in [0.5, 0.6) is 0 Å². The molecule has 4 nitrogen and oxygen atoms in total. The van der Waals surface area contributed by atoms with E-state index < -0.39 is 0 Å². The van der Waals surface area contributed by atoms with Gasteiger partial charge in [-0.2, -0.15) is 0 Å². The Morgan fingerprint density at radius 1 is 1.14 bits per heavy atom. The fourth-order valence-electron chi connectivity index (χ4n) is 2.52. The first-order chi connectivity index (χ1) is 10.5. The predicted octanol–water partition coefficient (Wildman–Crippen LogP) is 4.13. The third-order valence-corrected chi connectivity index (χ3v) is 3.88. The lowest BCUT2D eigenvalue weighted by molar-refractivity contribution is 0.302. The Morgan fingerprint density at radius 3 is 2.68 bits per heavy atom. The van der Waals surface area contributed by atoms with Crippen LogP contribution in [0, 0.1) is 13.8 Å². The van der Waals surface area contributed by atoms with E-state index in [1.807, 2.05) is 26.1 Å². The van der Waals surface area contributed by atoms with Crippen LogP contribution in [0.2, 0.25) is 5.15 Å². The molecule has 3 aromatic rings. The summed E-state index contributed by atoms with van der Waals surface area (Å²) in [7, 11) is 2.03. The van der Waals surface area contributed by atoms with Gasteiger partial charge in [0, 0.05) is 30.1 Å². The normalized spacial score (nSPS) is 11.5. The van der Waals surface area contributed by atoms with E-state index in [1.165, 1.54) is 5.56 Å². The van der Waals surface area contributed by atoms with Crippen molar-refractivity contribution >= 4 is 22.5 Å². The van der Waals surface area contributed by atoms with E-state index in [-0.39, 0.29) is 0 Å². The van der Waals surface area contributed by atoms with Gasteiger partial charge in [0.05, 0.1) is 11.2 Å². The highest BCUT2D eigenvalue weighted by atomic mass is 35.5. The summed E-state index contributed by atoms with van der Waals surface area (Å²) in [5.74, 6) is 0.823. The van der Waals surface area contributed by atoms with Crippen molar-refractivity contribution < 1.29 is 4.52 Å². The molecule has 2 heterocycles. The molecule has 114 valence electrons. The molecular weight excluding hydrogens is 298 g/mol. The smallest absolute Gasteiger partial charge is 0.134 e. The minimum absolute atomic E-state index is 0.557. The van der Waals surface area contributed by atoms with Gasteiger partial charge in [-0.15, -0.1) is 0 Å². The van der Waals surface area contributed by atoms with Crippen molar-refractivity contribution in [3.05, 3.63) is 58.1 Å². The topological polar surface area (TPSA) is 42.2 Å². The number of aryl methyl sites for hydroxylation is 2. The van der Waals surface area contributed by atoms with E-state index in [0.717, 1.165) is 27.9 Å². The molecule has 0 aliphatic rings. The maximum Gasteiger partial charge on any atom is 0.134 e. The highest BCUT2D eigenvalue weighted by Crippen LogP contribution is 2.23. The lowest BCUT2D eigenvalue weighted by atomic mass is 10.1. The highest BCUT2D eigenvalue weighted by Gasteiger charge is 2.10. The number of halogens is 1. The van der Waals surface area contributed by atoms with Crippen LogP contribution in [0.4, 0.5) is 0 Å². The largest absolute Gasteiger partial charge is 0.361 e. The zero-order valence-corrected chi connectivity index (χ0v) is 13.7. The number of rotatable bonds is 4. The maximum atomic E-state index is 6.33. The zero-order valence-electron chi connectivity index (χ0n) is 12.9. The van der Waals surface area contributed by atoms with Gasteiger partial charge in [-0.3, -0.25) is 4.90 Å². The van der Waals surface area contributed by atoms with E-state index in [2.05, 4.69) is 40.2 Å². The molecule has 0 atom stereocenters. The van der Waals surface area contributed by atoms with E-state index in [1.54, 1.807) is 0 Å². The average Bonchev–Trinajstić information content (AvgIpc) is 2.85. The summed E-state index contributed by atoms with van der Waals surface area (Å²) < 4.78 is 5.09. The van der Waals surface area contributed by atoms with E-state index >= 15 is 0 Å². The van der Waals surface area contributed by atoms with E-state index in [9.17, 15) is 0 Å². The van der Waals surface area contributed by atoms with Gasteiger partial charge >= 0.3 is 0 Å². The van der Waals surface area contributed by atoms with Crippen molar-refractivity contribution in [2.75, 3.05) is 7.05 Å². The van der Waals surface area contributed by atoms with E-state index in [0.29, 0.717) is 18.2 Å². The third-order valence-electron chi connectivity index (χ3n) is 3.55. The highest BCUT2D eigenvalue weighted by molar-refractivity contribution is 6.30. The molecule has 0 radical (unpaired) electrons. The predicted molar refractivity (Wildman–Crippen MR) is 87.9 cm³/mol. The van der Waals surface area contributed by atoms with Crippen molar-refractivity contribution in [2.45, 2.75) is 26.9 Å². The summed E-state index contributed by atoms with van der Waals surface area (Å²) in [6, 6.07) is 10.3. The molecule has 3 rings (SSSR count). The first kappa shape index (κ1) is 15.0. The lowest BCUT2D eigenvalue weighted by Gasteiger charge is -2.16. The number of hydrogen-bond acceptors (Lipinski definition) is 4. The van der Waals surface area contributed by atoms with Gasteiger partial charge in [0.15, 0.2) is 0 Å². The third kappa shape index (κ3) is 3.29. The summed E-state index contributed by atoms with van der Waals surface area (Å²) in [5, 5.41) is 5.68. The molecule has 5 heteroatoms. The molecule has 0 aliphatic carbocycles. The van der Waals surface area contributed by atoms with Crippen molar-refractivity contribution in [2.24, 2.45) is 0 Å².